The van der Waals surface area contributed by atoms with Crippen LogP contribution in [0.2, 0.25) is 0 Å². The van der Waals surface area contributed by atoms with E-state index in [0.717, 1.165) is 18.2 Å². The van der Waals surface area contributed by atoms with Crippen LogP contribution in [0.25, 0.3) is 0 Å². The van der Waals surface area contributed by atoms with Gasteiger partial charge < -0.3 is 5.32 Å². The van der Waals surface area contributed by atoms with Crippen LogP contribution in [-0.2, 0) is 6.54 Å². The summed E-state index contributed by atoms with van der Waals surface area (Å²) in [5, 5.41) is 3.57. The van der Waals surface area contributed by atoms with Crippen LogP contribution in [0.5, 0.6) is 0 Å². The Morgan fingerprint density at radius 2 is 2.12 bits per heavy atom. The van der Waals surface area contributed by atoms with Crippen LogP contribution in [0.1, 0.15) is 44.7 Å². The Morgan fingerprint density at radius 3 is 2.81 bits per heavy atom. The van der Waals surface area contributed by atoms with Gasteiger partial charge in [-0.15, -0.1) is 0 Å². The van der Waals surface area contributed by atoms with Crippen molar-refractivity contribution in [1.29, 1.82) is 0 Å². The predicted octanol–water partition coefficient (Wildman–Crippen LogP) is 2.54. The van der Waals surface area contributed by atoms with Crippen LogP contribution >= 0.6 is 0 Å². The van der Waals surface area contributed by atoms with Crippen molar-refractivity contribution < 1.29 is 0 Å². The third-order valence-electron chi connectivity index (χ3n) is 3.58. The number of nitrogens with one attached hydrogen (secondary N) is 1. The highest BCUT2D eigenvalue weighted by Crippen LogP contribution is 2.26. The highest BCUT2D eigenvalue weighted by Gasteiger charge is 2.19. The Hall–Kier alpha value is -0.960. The lowest BCUT2D eigenvalue weighted by Gasteiger charge is -2.28. The molecule has 1 fully saturated rings. The van der Waals surface area contributed by atoms with E-state index in [4.69, 9.17) is 0 Å². The van der Waals surface area contributed by atoms with Gasteiger partial charge in [-0.3, -0.25) is 9.97 Å². The van der Waals surface area contributed by atoms with Crippen LogP contribution in [0.15, 0.2) is 18.6 Å². The summed E-state index contributed by atoms with van der Waals surface area (Å²) >= 11 is 0. The van der Waals surface area contributed by atoms with Gasteiger partial charge in [-0.25, -0.2) is 0 Å². The summed E-state index contributed by atoms with van der Waals surface area (Å²) < 4.78 is 0. The highest BCUT2D eigenvalue weighted by atomic mass is 14.9. The molecule has 3 heteroatoms. The Morgan fingerprint density at radius 1 is 1.31 bits per heavy atom. The predicted molar refractivity (Wildman–Crippen MR) is 64.9 cm³/mol. The molecule has 1 aromatic heterocycles. The normalized spacial score (nSPS) is 19.6. The molecule has 0 bridgehead atoms. The SMILES string of the molecule is CC(NCc1cnccn1)C1CCCCC1. The summed E-state index contributed by atoms with van der Waals surface area (Å²) in [6.07, 6.45) is 12.3. The fourth-order valence-corrected chi connectivity index (χ4v) is 2.49. The first-order valence-electron chi connectivity index (χ1n) is 6.34. The average Bonchev–Trinajstić information content (AvgIpc) is 2.38. The molecule has 88 valence electrons. The van der Waals surface area contributed by atoms with Crippen LogP contribution < -0.4 is 5.32 Å². The van der Waals surface area contributed by atoms with Gasteiger partial charge in [0.1, 0.15) is 0 Å². The molecule has 1 aliphatic carbocycles. The van der Waals surface area contributed by atoms with E-state index in [1.54, 1.807) is 12.4 Å². The lowest BCUT2D eigenvalue weighted by Crippen LogP contribution is -2.34. The van der Waals surface area contributed by atoms with Crippen molar-refractivity contribution in [3.63, 3.8) is 0 Å². The van der Waals surface area contributed by atoms with Crippen LogP contribution in [0.4, 0.5) is 0 Å². The number of nitrogens with zero attached hydrogens (tertiary/aromatic N) is 2. The zero-order valence-corrected chi connectivity index (χ0v) is 10.0. The van der Waals surface area contributed by atoms with Crippen molar-refractivity contribution in [2.75, 3.05) is 0 Å². The average molecular weight is 219 g/mol. The number of aromatic nitrogens is 2. The van der Waals surface area contributed by atoms with Gasteiger partial charge in [-0.1, -0.05) is 19.3 Å². The standard InChI is InChI=1S/C13H21N3/c1-11(12-5-3-2-4-6-12)16-10-13-9-14-7-8-15-13/h7-9,11-12,16H,2-6,10H2,1H3. The van der Waals surface area contributed by atoms with Gasteiger partial charge in [0.2, 0.25) is 0 Å². The van der Waals surface area contributed by atoms with Crippen molar-refractivity contribution in [3.05, 3.63) is 24.3 Å². The first-order valence-corrected chi connectivity index (χ1v) is 6.34. The van der Waals surface area contributed by atoms with E-state index in [9.17, 15) is 0 Å². The third kappa shape index (κ3) is 3.27. The summed E-state index contributed by atoms with van der Waals surface area (Å²) in [5.74, 6) is 0.852. The number of hydrogen-bond acceptors (Lipinski definition) is 3. The van der Waals surface area contributed by atoms with Crippen molar-refractivity contribution >= 4 is 0 Å². The van der Waals surface area contributed by atoms with Gasteiger partial charge in [0.25, 0.3) is 0 Å². The molecule has 1 N–H and O–H groups in total. The monoisotopic (exact) mass is 219 g/mol. The second-order valence-electron chi connectivity index (χ2n) is 4.76. The van der Waals surface area contributed by atoms with Gasteiger partial charge in [0, 0.05) is 31.2 Å². The van der Waals surface area contributed by atoms with Gasteiger partial charge in [0.15, 0.2) is 0 Å². The second-order valence-corrected chi connectivity index (χ2v) is 4.76. The Balaban J connectivity index is 1.76. The molecule has 1 heterocycles. The van der Waals surface area contributed by atoms with E-state index in [0.29, 0.717) is 6.04 Å². The molecule has 16 heavy (non-hydrogen) atoms. The molecule has 0 aromatic carbocycles. The fraction of sp³-hybridized carbons (Fsp3) is 0.692. The maximum atomic E-state index is 4.27. The molecule has 0 radical (unpaired) electrons. The Bertz CT molecular complexity index is 293. The Kier molecular flexibility index (Phi) is 4.28. The third-order valence-corrected chi connectivity index (χ3v) is 3.58. The van der Waals surface area contributed by atoms with Crippen LogP contribution in [0.3, 0.4) is 0 Å². The van der Waals surface area contributed by atoms with E-state index in [-0.39, 0.29) is 0 Å². The zero-order chi connectivity index (χ0) is 11.2. The molecule has 0 amide bonds. The van der Waals surface area contributed by atoms with E-state index < -0.39 is 0 Å². The van der Waals surface area contributed by atoms with Crippen molar-refractivity contribution in [3.8, 4) is 0 Å². The van der Waals surface area contributed by atoms with E-state index in [1.807, 2.05) is 6.20 Å². The highest BCUT2D eigenvalue weighted by molar-refractivity contribution is 4.94. The summed E-state index contributed by atoms with van der Waals surface area (Å²) in [5.41, 5.74) is 1.03. The first kappa shape index (κ1) is 11.5. The smallest absolute Gasteiger partial charge is 0.0724 e. The fourth-order valence-electron chi connectivity index (χ4n) is 2.49. The summed E-state index contributed by atoms with van der Waals surface area (Å²) in [6, 6.07) is 0.599. The van der Waals surface area contributed by atoms with Crippen LogP contribution in [0, 0.1) is 5.92 Å². The van der Waals surface area contributed by atoms with E-state index >= 15 is 0 Å². The topological polar surface area (TPSA) is 37.8 Å². The number of rotatable bonds is 4. The lowest BCUT2D eigenvalue weighted by atomic mass is 9.84. The zero-order valence-electron chi connectivity index (χ0n) is 10.0. The summed E-state index contributed by atoms with van der Waals surface area (Å²) in [7, 11) is 0. The molecule has 1 atom stereocenters. The van der Waals surface area contributed by atoms with Crippen molar-refractivity contribution in [2.45, 2.75) is 51.6 Å². The van der Waals surface area contributed by atoms with Gasteiger partial charge >= 0.3 is 0 Å². The van der Waals surface area contributed by atoms with Crippen molar-refractivity contribution in [2.24, 2.45) is 5.92 Å². The van der Waals surface area contributed by atoms with Crippen LogP contribution in [-0.4, -0.2) is 16.0 Å². The largest absolute Gasteiger partial charge is 0.308 e. The second kappa shape index (κ2) is 5.94. The molecule has 0 spiro atoms. The molecule has 1 aromatic rings. The molecule has 1 unspecified atom stereocenters. The summed E-state index contributed by atoms with van der Waals surface area (Å²) in [6.45, 7) is 3.14. The molecular formula is C13H21N3. The van der Waals surface area contributed by atoms with E-state index in [2.05, 4.69) is 22.2 Å². The quantitative estimate of drug-likeness (QED) is 0.845. The molecule has 1 saturated carbocycles. The molecule has 0 saturated heterocycles. The minimum absolute atomic E-state index is 0.599. The molecule has 0 aliphatic heterocycles. The molecule has 1 aliphatic rings. The maximum Gasteiger partial charge on any atom is 0.0724 e. The molecule has 2 rings (SSSR count). The van der Waals surface area contributed by atoms with Gasteiger partial charge in [0.05, 0.1) is 5.69 Å². The van der Waals surface area contributed by atoms with Gasteiger partial charge in [-0.05, 0) is 25.7 Å². The first-order chi connectivity index (χ1) is 7.86. The maximum absolute atomic E-state index is 4.27. The Labute approximate surface area is 97.7 Å². The lowest BCUT2D eigenvalue weighted by molar-refractivity contribution is 0.280. The molecular weight excluding hydrogens is 198 g/mol. The minimum Gasteiger partial charge on any atom is -0.308 e. The summed E-state index contributed by atoms with van der Waals surface area (Å²) in [4.78, 5) is 8.34. The van der Waals surface area contributed by atoms with E-state index in [1.165, 1.54) is 32.1 Å². The molecule has 3 nitrogen and oxygen atoms in total. The van der Waals surface area contributed by atoms with Gasteiger partial charge in [-0.2, -0.15) is 0 Å². The minimum atomic E-state index is 0.599. The number of hydrogen-bond donors (Lipinski definition) is 1. The van der Waals surface area contributed by atoms with Crippen molar-refractivity contribution in [1.82, 2.24) is 15.3 Å².